The smallest absolute Gasteiger partial charge is 0.123 e. The molecule has 3 aromatic rings. The minimum atomic E-state index is -0.187. The molecule has 3 heteroatoms. The molecule has 0 spiro atoms. The van der Waals surface area contributed by atoms with Crippen molar-refractivity contribution in [3.63, 3.8) is 0 Å². The first kappa shape index (κ1) is 13.7. The number of rotatable bonds is 5. The monoisotopic (exact) mass is 280 g/mol. The fraction of sp³-hybridized carbons (Fsp3) is 0.167. The Morgan fingerprint density at radius 2 is 1.76 bits per heavy atom. The zero-order chi connectivity index (χ0) is 14.5. The first-order valence-electron chi connectivity index (χ1n) is 7.11. The van der Waals surface area contributed by atoms with E-state index in [1.165, 1.54) is 17.7 Å². The maximum Gasteiger partial charge on any atom is 0.123 e. The van der Waals surface area contributed by atoms with Crippen molar-refractivity contribution in [3.8, 4) is 0 Å². The fourth-order valence-corrected chi connectivity index (χ4v) is 2.42. The molecule has 0 radical (unpaired) electrons. The third-order valence-corrected chi connectivity index (χ3v) is 3.54. The normalized spacial score (nSPS) is 10.9. The number of hydrogen-bond donors (Lipinski definition) is 1. The van der Waals surface area contributed by atoms with Crippen LogP contribution in [0, 0.1) is 5.82 Å². The van der Waals surface area contributed by atoms with Crippen LogP contribution in [0.25, 0.3) is 10.9 Å². The highest BCUT2D eigenvalue weighted by atomic mass is 19.1. The van der Waals surface area contributed by atoms with Crippen molar-refractivity contribution in [3.05, 3.63) is 77.7 Å². The van der Waals surface area contributed by atoms with Crippen LogP contribution >= 0.6 is 0 Å². The Morgan fingerprint density at radius 3 is 2.62 bits per heavy atom. The van der Waals surface area contributed by atoms with Gasteiger partial charge in [-0.3, -0.25) is 4.98 Å². The molecule has 21 heavy (non-hydrogen) atoms. The second-order valence-corrected chi connectivity index (χ2v) is 5.05. The molecule has 0 aliphatic heterocycles. The highest BCUT2D eigenvalue weighted by Gasteiger charge is 2.01. The van der Waals surface area contributed by atoms with Gasteiger partial charge in [0.05, 0.1) is 5.52 Å². The molecule has 0 aliphatic rings. The van der Waals surface area contributed by atoms with E-state index in [1.54, 1.807) is 0 Å². The van der Waals surface area contributed by atoms with Gasteiger partial charge in [0.15, 0.2) is 0 Å². The molecule has 0 amide bonds. The first-order valence-corrected chi connectivity index (χ1v) is 7.11. The van der Waals surface area contributed by atoms with Crippen LogP contribution in [-0.4, -0.2) is 11.5 Å². The summed E-state index contributed by atoms with van der Waals surface area (Å²) in [7, 11) is 0. The Bertz CT molecular complexity index is 717. The Hall–Kier alpha value is -2.26. The van der Waals surface area contributed by atoms with E-state index in [0.29, 0.717) is 0 Å². The molecule has 1 N–H and O–H groups in total. The van der Waals surface area contributed by atoms with Crippen LogP contribution in [0.3, 0.4) is 0 Å². The highest BCUT2D eigenvalue weighted by Crippen LogP contribution is 2.15. The lowest BCUT2D eigenvalue weighted by atomic mass is 10.1. The van der Waals surface area contributed by atoms with Gasteiger partial charge in [0.1, 0.15) is 5.82 Å². The van der Waals surface area contributed by atoms with Gasteiger partial charge in [-0.1, -0.05) is 36.4 Å². The minimum absolute atomic E-state index is 0.187. The Labute approximate surface area is 123 Å². The molecule has 1 aromatic heterocycles. The molecule has 0 bridgehead atoms. The molecule has 2 nitrogen and oxygen atoms in total. The van der Waals surface area contributed by atoms with Gasteiger partial charge in [-0.2, -0.15) is 0 Å². The summed E-state index contributed by atoms with van der Waals surface area (Å²) in [5.41, 5.74) is 3.39. The van der Waals surface area contributed by atoms with E-state index in [1.807, 2.05) is 24.4 Å². The van der Waals surface area contributed by atoms with E-state index in [-0.39, 0.29) is 5.82 Å². The van der Waals surface area contributed by atoms with Crippen LogP contribution < -0.4 is 5.32 Å². The van der Waals surface area contributed by atoms with Crippen LogP contribution in [0.4, 0.5) is 4.39 Å². The molecular formula is C18H17FN2. The number of nitrogens with one attached hydrogen (secondary N) is 1. The van der Waals surface area contributed by atoms with Crippen molar-refractivity contribution in [1.29, 1.82) is 0 Å². The van der Waals surface area contributed by atoms with Gasteiger partial charge >= 0.3 is 0 Å². The average Bonchev–Trinajstić information content (AvgIpc) is 2.53. The summed E-state index contributed by atoms with van der Waals surface area (Å²) < 4.78 is 12.8. The van der Waals surface area contributed by atoms with Gasteiger partial charge in [0, 0.05) is 18.1 Å². The quantitative estimate of drug-likeness (QED) is 0.721. The lowest BCUT2D eigenvalue weighted by Gasteiger charge is -2.07. The summed E-state index contributed by atoms with van der Waals surface area (Å²) in [5, 5.41) is 4.59. The molecule has 106 valence electrons. The van der Waals surface area contributed by atoms with Gasteiger partial charge in [-0.05, 0) is 42.3 Å². The first-order chi connectivity index (χ1) is 10.3. The van der Waals surface area contributed by atoms with Crippen molar-refractivity contribution in [2.24, 2.45) is 0 Å². The zero-order valence-corrected chi connectivity index (χ0v) is 11.7. The topological polar surface area (TPSA) is 24.9 Å². The molecule has 0 unspecified atom stereocenters. The lowest BCUT2D eigenvalue weighted by Crippen LogP contribution is -2.17. The van der Waals surface area contributed by atoms with E-state index in [2.05, 4.69) is 34.6 Å². The van der Waals surface area contributed by atoms with E-state index >= 15 is 0 Å². The number of benzene rings is 2. The number of fused-ring (bicyclic) bond motifs is 1. The van der Waals surface area contributed by atoms with Crippen LogP contribution in [0.2, 0.25) is 0 Å². The third-order valence-electron chi connectivity index (χ3n) is 3.54. The number of nitrogens with zero attached hydrogens (tertiary/aromatic N) is 1. The molecule has 0 saturated heterocycles. The SMILES string of the molecule is Fc1ccc(CCNCc2cccc3cccnc23)cc1. The number of halogens is 1. The molecule has 0 atom stereocenters. The molecule has 0 fully saturated rings. The van der Waals surface area contributed by atoms with Crippen LogP contribution in [-0.2, 0) is 13.0 Å². The van der Waals surface area contributed by atoms with Gasteiger partial charge in [0.2, 0.25) is 0 Å². The summed E-state index contributed by atoms with van der Waals surface area (Å²) in [6.45, 7) is 1.64. The van der Waals surface area contributed by atoms with E-state index < -0.39 is 0 Å². The van der Waals surface area contributed by atoms with Crippen LogP contribution in [0.1, 0.15) is 11.1 Å². The predicted molar refractivity (Wildman–Crippen MR) is 83.6 cm³/mol. The second-order valence-electron chi connectivity index (χ2n) is 5.05. The summed E-state index contributed by atoms with van der Waals surface area (Å²) in [6.07, 6.45) is 2.71. The molecule has 0 aliphatic carbocycles. The fourth-order valence-electron chi connectivity index (χ4n) is 2.42. The molecule has 1 heterocycles. The van der Waals surface area contributed by atoms with E-state index in [9.17, 15) is 4.39 Å². The molecule has 2 aromatic carbocycles. The summed E-state index contributed by atoms with van der Waals surface area (Å²) in [5.74, 6) is -0.187. The van der Waals surface area contributed by atoms with Crippen molar-refractivity contribution >= 4 is 10.9 Å². The van der Waals surface area contributed by atoms with Gasteiger partial charge in [0.25, 0.3) is 0 Å². The molecule has 0 saturated carbocycles. The zero-order valence-electron chi connectivity index (χ0n) is 11.7. The Kier molecular flexibility index (Phi) is 4.22. The average molecular weight is 280 g/mol. The molecule has 3 rings (SSSR count). The Balaban J connectivity index is 1.58. The molecular weight excluding hydrogens is 263 g/mol. The van der Waals surface area contributed by atoms with Crippen molar-refractivity contribution in [2.75, 3.05) is 6.54 Å². The van der Waals surface area contributed by atoms with Gasteiger partial charge in [-0.25, -0.2) is 4.39 Å². The summed E-state index contributed by atoms with van der Waals surface area (Å²) in [4.78, 5) is 4.45. The second kappa shape index (κ2) is 6.46. The highest BCUT2D eigenvalue weighted by molar-refractivity contribution is 5.81. The van der Waals surface area contributed by atoms with Gasteiger partial charge in [-0.15, -0.1) is 0 Å². The van der Waals surface area contributed by atoms with Gasteiger partial charge < -0.3 is 5.32 Å². The summed E-state index contributed by atoms with van der Waals surface area (Å²) >= 11 is 0. The number of aromatic nitrogens is 1. The van der Waals surface area contributed by atoms with E-state index in [4.69, 9.17) is 0 Å². The van der Waals surface area contributed by atoms with Crippen molar-refractivity contribution in [1.82, 2.24) is 10.3 Å². The minimum Gasteiger partial charge on any atom is -0.312 e. The number of hydrogen-bond acceptors (Lipinski definition) is 2. The maximum absolute atomic E-state index is 12.8. The summed E-state index contributed by atoms with van der Waals surface area (Å²) in [6, 6.07) is 16.9. The standard InChI is InChI=1S/C18H17FN2/c19-17-8-6-14(7-9-17)10-12-20-13-16-4-1-3-15-5-2-11-21-18(15)16/h1-9,11,20H,10,12-13H2. The largest absolute Gasteiger partial charge is 0.312 e. The number of para-hydroxylation sites is 1. The number of pyridine rings is 1. The Morgan fingerprint density at radius 1 is 0.952 bits per heavy atom. The van der Waals surface area contributed by atoms with Crippen LogP contribution in [0.15, 0.2) is 60.8 Å². The lowest BCUT2D eigenvalue weighted by molar-refractivity contribution is 0.626. The predicted octanol–water partition coefficient (Wildman–Crippen LogP) is 3.71. The van der Waals surface area contributed by atoms with Crippen molar-refractivity contribution < 1.29 is 4.39 Å². The third kappa shape index (κ3) is 3.44. The maximum atomic E-state index is 12.8. The van der Waals surface area contributed by atoms with Crippen molar-refractivity contribution in [2.45, 2.75) is 13.0 Å². The van der Waals surface area contributed by atoms with E-state index in [0.717, 1.165) is 36.0 Å². The van der Waals surface area contributed by atoms with Crippen LogP contribution in [0.5, 0.6) is 0 Å².